The molecule has 1 aromatic carbocycles. The highest BCUT2D eigenvalue weighted by Gasteiger charge is 2.29. The van der Waals surface area contributed by atoms with Gasteiger partial charge >= 0.3 is 5.97 Å². The molecule has 0 aliphatic carbocycles. The van der Waals surface area contributed by atoms with Crippen molar-refractivity contribution in [2.75, 3.05) is 13.1 Å². The Kier molecular flexibility index (Phi) is 3.39. The fourth-order valence-corrected chi connectivity index (χ4v) is 1.91. The highest BCUT2D eigenvalue weighted by Crippen LogP contribution is 2.07. The molecule has 17 heavy (non-hydrogen) atoms. The van der Waals surface area contributed by atoms with Gasteiger partial charge in [-0.15, -0.1) is 0 Å². The zero-order valence-corrected chi connectivity index (χ0v) is 9.30. The van der Waals surface area contributed by atoms with Crippen LogP contribution in [0.15, 0.2) is 30.3 Å². The van der Waals surface area contributed by atoms with Crippen LogP contribution in [-0.2, 0) is 16.1 Å². The minimum absolute atomic E-state index is 0.236. The lowest BCUT2D eigenvalue weighted by atomic mass is 10.1. The maximum Gasteiger partial charge on any atom is 0.327 e. The Morgan fingerprint density at radius 3 is 2.76 bits per heavy atom. The van der Waals surface area contributed by atoms with Crippen LogP contribution in [0, 0.1) is 0 Å². The summed E-state index contributed by atoms with van der Waals surface area (Å²) in [6.07, 6.45) is 0. The number of carbonyl (C=O) groups excluding carboxylic acids is 1. The van der Waals surface area contributed by atoms with E-state index in [1.165, 1.54) is 0 Å². The molecule has 1 heterocycles. The SMILES string of the molecule is O=C1CN(Cc2ccccc2)CC(C(=O)O)N1. The summed E-state index contributed by atoms with van der Waals surface area (Å²) in [6.45, 7) is 1.19. The van der Waals surface area contributed by atoms with Crippen LogP contribution in [0.2, 0.25) is 0 Å². The molecule has 5 heteroatoms. The molecule has 0 spiro atoms. The summed E-state index contributed by atoms with van der Waals surface area (Å²) in [5.41, 5.74) is 1.08. The highest BCUT2D eigenvalue weighted by atomic mass is 16.4. The molecule has 5 nitrogen and oxygen atoms in total. The minimum atomic E-state index is -0.990. The van der Waals surface area contributed by atoms with Crippen LogP contribution in [0.4, 0.5) is 0 Å². The summed E-state index contributed by atoms with van der Waals surface area (Å²) < 4.78 is 0. The van der Waals surface area contributed by atoms with Gasteiger partial charge in [-0.3, -0.25) is 9.69 Å². The third-order valence-electron chi connectivity index (χ3n) is 2.69. The largest absolute Gasteiger partial charge is 0.480 e. The number of nitrogens with zero attached hydrogens (tertiary/aromatic N) is 1. The van der Waals surface area contributed by atoms with Crippen LogP contribution in [0.1, 0.15) is 5.56 Å². The Bertz CT molecular complexity index is 419. The number of rotatable bonds is 3. The first kappa shape index (κ1) is 11.6. The molecule has 1 saturated heterocycles. The molecule has 1 fully saturated rings. The van der Waals surface area contributed by atoms with Gasteiger partial charge in [-0.05, 0) is 5.56 Å². The topological polar surface area (TPSA) is 69.6 Å². The van der Waals surface area contributed by atoms with Crippen molar-refractivity contribution in [3.05, 3.63) is 35.9 Å². The first-order chi connectivity index (χ1) is 8.15. The molecule has 1 aliphatic heterocycles. The van der Waals surface area contributed by atoms with Crippen molar-refractivity contribution < 1.29 is 14.7 Å². The van der Waals surface area contributed by atoms with Crippen molar-refractivity contribution in [1.29, 1.82) is 0 Å². The van der Waals surface area contributed by atoms with Crippen LogP contribution < -0.4 is 5.32 Å². The standard InChI is InChI=1S/C12H14N2O3/c15-11-8-14(7-10(13-11)12(16)17)6-9-4-2-1-3-5-9/h1-5,10H,6-8H2,(H,13,15)(H,16,17). The first-order valence-corrected chi connectivity index (χ1v) is 5.43. The molecule has 1 aromatic rings. The fourth-order valence-electron chi connectivity index (χ4n) is 1.91. The third kappa shape index (κ3) is 3.04. The number of carbonyl (C=O) groups is 2. The molecule has 0 aromatic heterocycles. The van der Waals surface area contributed by atoms with E-state index >= 15 is 0 Å². The number of nitrogens with one attached hydrogen (secondary N) is 1. The Morgan fingerprint density at radius 1 is 1.41 bits per heavy atom. The van der Waals surface area contributed by atoms with Crippen molar-refractivity contribution in [2.24, 2.45) is 0 Å². The molecule has 1 atom stereocenters. The number of carboxylic acids is 1. The molecular weight excluding hydrogens is 220 g/mol. The van der Waals surface area contributed by atoms with Crippen LogP contribution in [0.25, 0.3) is 0 Å². The molecule has 1 aliphatic rings. The van der Waals surface area contributed by atoms with Crippen molar-refractivity contribution in [3.8, 4) is 0 Å². The van der Waals surface area contributed by atoms with Gasteiger partial charge in [-0.1, -0.05) is 30.3 Å². The van der Waals surface area contributed by atoms with Gasteiger partial charge < -0.3 is 10.4 Å². The summed E-state index contributed by atoms with van der Waals surface area (Å²) in [4.78, 5) is 24.1. The van der Waals surface area contributed by atoms with Gasteiger partial charge in [0.05, 0.1) is 6.54 Å². The van der Waals surface area contributed by atoms with Crippen LogP contribution in [0.5, 0.6) is 0 Å². The molecule has 2 rings (SSSR count). The molecule has 0 bridgehead atoms. The molecule has 2 N–H and O–H groups in total. The molecule has 1 unspecified atom stereocenters. The lowest BCUT2D eigenvalue weighted by molar-refractivity contribution is -0.144. The van der Waals surface area contributed by atoms with Crippen molar-refractivity contribution in [3.63, 3.8) is 0 Å². The fraction of sp³-hybridized carbons (Fsp3) is 0.333. The summed E-state index contributed by atoms with van der Waals surface area (Å²) >= 11 is 0. The number of hydrogen-bond acceptors (Lipinski definition) is 3. The number of amides is 1. The maximum atomic E-state index is 11.4. The van der Waals surface area contributed by atoms with Crippen molar-refractivity contribution >= 4 is 11.9 Å². The van der Waals surface area contributed by atoms with E-state index in [-0.39, 0.29) is 12.5 Å². The van der Waals surface area contributed by atoms with E-state index < -0.39 is 12.0 Å². The lowest BCUT2D eigenvalue weighted by Crippen LogP contribution is -2.56. The van der Waals surface area contributed by atoms with Crippen LogP contribution >= 0.6 is 0 Å². The van der Waals surface area contributed by atoms with E-state index in [2.05, 4.69) is 5.32 Å². The predicted molar refractivity (Wildman–Crippen MR) is 61.3 cm³/mol. The smallest absolute Gasteiger partial charge is 0.327 e. The Labute approximate surface area is 99.0 Å². The molecule has 0 saturated carbocycles. The van der Waals surface area contributed by atoms with Gasteiger partial charge in [0.25, 0.3) is 0 Å². The monoisotopic (exact) mass is 234 g/mol. The number of benzene rings is 1. The van der Waals surface area contributed by atoms with Crippen molar-refractivity contribution in [1.82, 2.24) is 10.2 Å². The maximum absolute atomic E-state index is 11.4. The number of piperazine rings is 1. The van der Waals surface area contributed by atoms with Gasteiger partial charge in [-0.2, -0.15) is 0 Å². The normalized spacial score (nSPS) is 20.9. The van der Waals surface area contributed by atoms with Crippen LogP contribution in [-0.4, -0.2) is 41.0 Å². The average molecular weight is 234 g/mol. The second-order valence-electron chi connectivity index (χ2n) is 4.11. The first-order valence-electron chi connectivity index (χ1n) is 5.43. The minimum Gasteiger partial charge on any atom is -0.480 e. The van der Waals surface area contributed by atoms with E-state index in [4.69, 9.17) is 5.11 Å². The Morgan fingerprint density at radius 2 is 2.12 bits per heavy atom. The third-order valence-corrected chi connectivity index (χ3v) is 2.69. The summed E-state index contributed by atoms with van der Waals surface area (Å²) in [6, 6.07) is 8.89. The average Bonchev–Trinajstić information content (AvgIpc) is 2.29. The van der Waals surface area contributed by atoms with E-state index in [1.807, 2.05) is 35.2 Å². The zero-order valence-electron chi connectivity index (χ0n) is 9.30. The highest BCUT2D eigenvalue weighted by molar-refractivity contribution is 5.86. The Hall–Kier alpha value is -1.88. The predicted octanol–water partition coefficient (Wildman–Crippen LogP) is 0.0716. The number of carboxylic acid groups (broad SMARTS) is 1. The lowest BCUT2D eigenvalue weighted by Gasteiger charge is -2.30. The molecule has 90 valence electrons. The molecule has 0 radical (unpaired) electrons. The number of aliphatic carboxylic acids is 1. The Balaban J connectivity index is 2.01. The summed E-state index contributed by atoms with van der Waals surface area (Å²) in [5.74, 6) is -1.23. The van der Waals surface area contributed by atoms with Crippen LogP contribution in [0.3, 0.4) is 0 Å². The molecular formula is C12H14N2O3. The van der Waals surface area contributed by atoms with Gasteiger partial charge in [0, 0.05) is 13.1 Å². The van der Waals surface area contributed by atoms with Crippen molar-refractivity contribution in [2.45, 2.75) is 12.6 Å². The van der Waals surface area contributed by atoms with E-state index in [0.717, 1.165) is 5.56 Å². The summed E-state index contributed by atoms with van der Waals surface area (Å²) in [5, 5.41) is 11.3. The van der Waals surface area contributed by atoms with E-state index in [1.54, 1.807) is 0 Å². The second-order valence-corrected chi connectivity index (χ2v) is 4.11. The van der Waals surface area contributed by atoms with E-state index in [0.29, 0.717) is 13.1 Å². The van der Waals surface area contributed by atoms with Gasteiger partial charge in [0.1, 0.15) is 6.04 Å². The zero-order chi connectivity index (χ0) is 12.3. The van der Waals surface area contributed by atoms with Gasteiger partial charge in [0.15, 0.2) is 0 Å². The van der Waals surface area contributed by atoms with Gasteiger partial charge in [-0.25, -0.2) is 4.79 Å². The summed E-state index contributed by atoms with van der Waals surface area (Å²) in [7, 11) is 0. The number of hydrogen-bond donors (Lipinski definition) is 2. The quantitative estimate of drug-likeness (QED) is 0.776. The van der Waals surface area contributed by atoms with E-state index in [9.17, 15) is 9.59 Å². The van der Waals surface area contributed by atoms with Gasteiger partial charge in [0.2, 0.25) is 5.91 Å². The molecule has 1 amide bonds. The second kappa shape index (κ2) is 4.97.